The van der Waals surface area contributed by atoms with Crippen molar-refractivity contribution < 1.29 is 13.2 Å². The van der Waals surface area contributed by atoms with E-state index in [4.69, 9.17) is 5.26 Å². The Bertz CT molecular complexity index is 853. The van der Waals surface area contributed by atoms with E-state index in [0.29, 0.717) is 50.0 Å². The summed E-state index contributed by atoms with van der Waals surface area (Å²) in [6.07, 6.45) is 2.17. The van der Waals surface area contributed by atoms with Crippen molar-refractivity contribution in [2.24, 2.45) is 11.8 Å². The minimum absolute atomic E-state index is 0.0448. The van der Waals surface area contributed by atoms with Gasteiger partial charge in [-0.25, -0.2) is 8.42 Å². The van der Waals surface area contributed by atoms with E-state index in [-0.39, 0.29) is 16.7 Å². The van der Waals surface area contributed by atoms with Gasteiger partial charge in [-0.1, -0.05) is 0 Å². The summed E-state index contributed by atoms with van der Waals surface area (Å²) in [5.74, 6) is 0.409. The molecular formula is C21H30N4O3S. The average molecular weight is 419 g/mol. The van der Waals surface area contributed by atoms with Crippen LogP contribution in [0, 0.1) is 23.2 Å². The van der Waals surface area contributed by atoms with Crippen molar-refractivity contribution in [1.29, 1.82) is 5.26 Å². The predicted molar refractivity (Wildman–Crippen MR) is 110 cm³/mol. The Morgan fingerprint density at radius 2 is 1.83 bits per heavy atom. The molecule has 1 aromatic carbocycles. The molecule has 158 valence electrons. The first-order valence-electron chi connectivity index (χ1n) is 10.3. The van der Waals surface area contributed by atoms with Gasteiger partial charge >= 0.3 is 0 Å². The first-order valence-corrected chi connectivity index (χ1v) is 11.8. The van der Waals surface area contributed by atoms with E-state index in [1.165, 1.54) is 28.6 Å². The largest absolute Gasteiger partial charge is 0.356 e. The van der Waals surface area contributed by atoms with Crippen LogP contribution in [0.5, 0.6) is 0 Å². The Labute approximate surface area is 173 Å². The number of nitrogens with one attached hydrogen (secondary N) is 1. The molecule has 2 saturated heterocycles. The number of carbonyl (C=O) groups is 1. The number of amides is 1. The maximum Gasteiger partial charge on any atom is 0.243 e. The summed E-state index contributed by atoms with van der Waals surface area (Å²) in [5.41, 5.74) is 0.429. The van der Waals surface area contributed by atoms with Crippen molar-refractivity contribution in [2.75, 3.05) is 32.7 Å². The van der Waals surface area contributed by atoms with Crippen LogP contribution in [0.4, 0.5) is 0 Å². The SMILES string of the molecule is CC(C)N1CCC(CNC(=O)C2CCN(S(=O)(=O)c3ccc(C#N)cc3)CC2)C1. The lowest BCUT2D eigenvalue weighted by atomic mass is 9.97. The summed E-state index contributed by atoms with van der Waals surface area (Å²) in [5, 5.41) is 11.9. The lowest BCUT2D eigenvalue weighted by molar-refractivity contribution is -0.126. The molecule has 0 bridgehead atoms. The number of nitrogens with zero attached hydrogens (tertiary/aromatic N) is 3. The van der Waals surface area contributed by atoms with Gasteiger partial charge in [-0.15, -0.1) is 0 Å². The van der Waals surface area contributed by atoms with Crippen LogP contribution in [0.1, 0.15) is 38.7 Å². The van der Waals surface area contributed by atoms with Gasteiger partial charge in [-0.3, -0.25) is 4.79 Å². The predicted octanol–water partition coefficient (Wildman–Crippen LogP) is 1.81. The Hall–Kier alpha value is -1.95. The molecule has 2 aliphatic heterocycles. The third-order valence-electron chi connectivity index (χ3n) is 6.06. The highest BCUT2D eigenvalue weighted by Crippen LogP contribution is 2.24. The summed E-state index contributed by atoms with van der Waals surface area (Å²) in [7, 11) is -3.59. The highest BCUT2D eigenvalue weighted by Gasteiger charge is 2.32. The zero-order chi connectivity index (χ0) is 21.0. The fraction of sp³-hybridized carbons (Fsp3) is 0.619. The van der Waals surface area contributed by atoms with Gasteiger partial charge in [0.25, 0.3) is 0 Å². The molecule has 1 unspecified atom stereocenters. The monoisotopic (exact) mass is 418 g/mol. The second kappa shape index (κ2) is 9.24. The van der Waals surface area contributed by atoms with Crippen LogP contribution in [0.25, 0.3) is 0 Å². The first kappa shape index (κ1) is 21.8. The van der Waals surface area contributed by atoms with Crippen LogP contribution in [0.15, 0.2) is 29.2 Å². The number of piperidine rings is 1. The smallest absolute Gasteiger partial charge is 0.243 e. The number of benzene rings is 1. The molecule has 0 radical (unpaired) electrons. The van der Waals surface area contributed by atoms with Crippen LogP contribution >= 0.6 is 0 Å². The van der Waals surface area contributed by atoms with Gasteiger partial charge in [0.1, 0.15) is 0 Å². The molecule has 0 aromatic heterocycles. The van der Waals surface area contributed by atoms with Crippen molar-refractivity contribution in [2.45, 2.75) is 44.0 Å². The van der Waals surface area contributed by atoms with Crippen LogP contribution in [-0.4, -0.2) is 62.3 Å². The van der Waals surface area contributed by atoms with Crippen LogP contribution < -0.4 is 5.32 Å². The molecule has 0 spiro atoms. The minimum Gasteiger partial charge on any atom is -0.356 e. The Morgan fingerprint density at radius 3 is 2.38 bits per heavy atom. The van der Waals surface area contributed by atoms with Gasteiger partial charge in [0.05, 0.1) is 16.5 Å². The molecule has 0 aliphatic carbocycles. The third kappa shape index (κ3) is 5.16. The second-order valence-electron chi connectivity index (χ2n) is 8.30. The number of nitriles is 1. The molecular weight excluding hydrogens is 388 g/mol. The summed E-state index contributed by atoms with van der Waals surface area (Å²) < 4.78 is 27.0. The van der Waals surface area contributed by atoms with Gasteiger partial charge < -0.3 is 10.2 Å². The lowest BCUT2D eigenvalue weighted by Crippen LogP contribution is -2.44. The highest BCUT2D eigenvalue weighted by atomic mass is 32.2. The van der Waals surface area contributed by atoms with Crippen LogP contribution in [0.3, 0.4) is 0 Å². The molecule has 2 aliphatic rings. The minimum atomic E-state index is -3.59. The average Bonchev–Trinajstić information content (AvgIpc) is 3.21. The number of sulfonamides is 1. The summed E-state index contributed by atoms with van der Waals surface area (Å²) in [6.45, 7) is 7.88. The van der Waals surface area contributed by atoms with E-state index in [2.05, 4.69) is 24.1 Å². The van der Waals surface area contributed by atoms with Gasteiger partial charge in [0.2, 0.25) is 15.9 Å². The van der Waals surface area contributed by atoms with Crippen molar-refractivity contribution >= 4 is 15.9 Å². The van der Waals surface area contributed by atoms with Crippen molar-refractivity contribution in [3.8, 4) is 6.07 Å². The van der Waals surface area contributed by atoms with Crippen LogP contribution in [-0.2, 0) is 14.8 Å². The number of hydrogen-bond acceptors (Lipinski definition) is 5. The van der Waals surface area contributed by atoms with Gasteiger partial charge in [-0.05, 0) is 69.8 Å². The number of rotatable bonds is 6. The molecule has 1 amide bonds. The van der Waals surface area contributed by atoms with Gasteiger partial charge in [0, 0.05) is 38.1 Å². The maximum atomic E-state index is 12.8. The topological polar surface area (TPSA) is 93.5 Å². The van der Waals surface area contributed by atoms with Gasteiger partial charge in [0.15, 0.2) is 0 Å². The van der Waals surface area contributed by atoms with Gasteiger partial charge in [-0.2, -0.15) is 9.57 Å². The Kier molecular flexibility index (Phi) is 6.93. The van der Waals surface area contributed by atoms with Crippen molar-refractivity contribution in [3.63, 3.8) is 0 Å². The number of carbonyl (C=O) groups excluding carboxylic acids is 1. The molecule has 1 N–H and O–H groups in total. The van der Waals surface area contributed by atoms with E-state index in [9.17, 15) is 13.2 Å². The highest BCUT2D eigenvalue weighted by molar-refractivity contribution is 7.89. The zero-order valence-corrected chi connectivity index (χ0v) is 18.0. The second-order valence-corrected chi connectivity index (χ2v) is 10.2. The molecule has 2 fully saturated rings. The van der Waals surface area contributed by atoms with Crippen molar-refractivity contribution in [3.05, 3.63) is 29.8 Å². The summed E-state index contributed by atoms with van der Waals surface area (Å²) >= 11 is 0. The summed E-state index contributed by atoms with van der Waals surface area (Å²) in [4.78, 5) is 15.2. The van der Waals surface area contributed by atoms with E-state index in [1.807, 2.05) is 6.07 Å². The summed E-state index contributed by atoms with van der Waals surface area (Å²) in [6, 6.07) is 8.48. The molecule has 0 saturated carbocycles. The van der Waals surface area contributed by atoms with E-state index in [1.54, 1.807) is 0 Å². The van der Waals surface area contributed by atoms with E-state index >= 15 is 0 Å². The fourth-order valence-electron chi connectivity index (χ4n) is 4.10. The molecule has 3 rings (SSSR count). The number of likely N-dealkylation sites (tertiary alicyclic amines) is 1. The fourth-order valence-corrected chi connectivity index (χ4v) is 5.57. The lowest BCUT2D eigenvalue weighted by Gasteiger charge is -2.30. The standard InChI is InChI=1S/C21H30N4O3S/c1-16(2)24-10-7-18(15-24)14-23-21(26)19-8-11-25(12-9-19)29(27,28)20-5-3-17(13-22)4-6-20/h3-6,16,18-19H,7-12,14-15H2,1-2H3,(H,23,26). The molecule has 2 heterocycles. The maximum absolute atomic E-state index is 12.8. The Morgan fingerprint density at radius 1 is 1.17 bits per heavy atom. The quantitative estimate of drug-likeness (QED) is 0.760. The van der Waals surface area contributed by atoms with E-state index in [0.717, 1.165) is 19.5 Å². The Balaban J connectivity index is 1.48. The van der Waals surface area contributed by atoms with Crippen molar-refractivity contribution in [1.82, 2.24) is 14.5 Å². The molecule has 29 heavy (non-hydrogen) atoms. The zero-order valence-electron chi connectivity index (χ0n) is 17.2. The third-order valence-corrected chi connectivity index (χ3v) is 7.97. The first-order chi connectivity index (χ1) is 13.8. The normalized spacial score (nSPS) is 21.9. The molecule has 7 nitrogen and oxygen atoms in total. The van der Waals surface area contributed by atoms with E-state index < -0.39 is 10.0 Å². The number of hydrogen-bond donors (Lipinski definition) is 1. The molecule has 1 atom stereocenters. The van der Waals surface area contributed by atoms with Crippen LogP contribution in [0.2, 0.25) is 0 Å². The molecule has 1 aromatic rings. The molecule has 8 heteroatoms.